The first-order valence-electron chi connectivity index (χ1n) is 8.10. The van der Waals surface area contributed by atoms with Gasteiger partial charge < -0.3 is 10.2 Å². The normalized spacial score (nSPS) is 27.2. The first-order valence-corrected chi connectivity index (χ1v) is 8.10. The van der Waals surface area contributed by atoms with Crippen LogP contribution in [-0.4, -0.2) is 48.1 Å². The highest BCUT2D eigenvalue weighted by molar-refractivity contribution is 5.49. The van der Waals surface area contributed by atoms with Crippen LogP contribution in [0.2, 0.25) is 0 Å². The predicted octanol–water partition coefficient (Wildman–Crippen LogP) is 2.33. The molecule has 0 aromatic carbocycles. The molecule has 4 rings (SSSR count). The molecule has 1 unspecified atom stereocenters. The van der Waals surface area contributed by atoms with Gasteiger partial charge in [0.15, 0.2) is 0 Å². The lowest BCUT2D eigenvalue weighted by atomic mass is 10.2. The highest BCUT2D eigenvalue weighted by Crippen LogP contribution is 2.30. The van der Waals surface area contributed by atoms with Crippen LogP contribution in [0.1, 0.15) is 32.1 Å². The summed E-state index contributed by atoms with van der Waals surface area (Å²) in [5.74, 6) is 1.14. The van der Waals surface area contributed by atoms with Gasteiger partial charge in [0.1, 0.15) is 5.82 Å². The van der Waals surface area contributed by atoms with Gasteiger partial charge in [-0.25, -0.2) is 4.98 Å². The van der Waals surface area contributed by atoms with Crippen molar-refractivity contribution in [2.75, 3.05) is 36.4 Å². The van der Waals surface area contributed by atoms with Gasteiger partial charge in [-0.05, 0) is 44.2 Å². The summed E-state index contributed by atoms with van der Waals surface area (Å²) in [6.45, 7) is 4.80. The number of nitrogens with one attached hydrogen (secondary N) is 1. The smallest absolute Gasteiger partial charge is 0.128 e. The van der Waals surface area contributed by atoms with Crippen LogP contribution in [0, 0.1) is 0 Å². The standard InChI is InChI=1S/C16H24N4/c1-2-9-19(8-1)16-6-3-13(11-17-16)18-14-7-10-20(12-14)15-4-5-15/h3,6,11,14-15,18H,1-2,4-5,7-10,12H2. The Morgan fingerprint density at radius 1 is 1.05 bits per heavy atom. The number of pyridine rings is 1. The van der Waals surface area contributed by atoms with E-state index in [9.17, 15) is 0 Å². The summed E-state index contributed by atoms with van der Waals surface area (Å²) in [5.41, 5.74) is 1.18. The fourth-order valence-corrected chi connectivity index (χ4v) is 3.52. The Morgan fingerprint density at radius 2 is 1.90 bits per heavy atom. The fourth-order valence-electron chi connectivity index (χ4n) is 3.52. The molecule has 0 bridgehead atoms. The molecule has 3 heterocycles. The van der Waals surface area contributed by atoms with Crippen LogP contribution in [0.25, 0.3) is 0 Å². The quantitative estimate of drug-likeness (QED) is 0.911. The number of hydrogen-bond donors (Lipinski definition) is 1. The van der Waals surface area contributed by atoms with Crippen LogP contribution in [0.4, 0.5) is 11.5 Å². The Bertz CT molecular complexity index is 448. The molecule has 1 saturated carbocycles. The van der Waals surface area contributed by atoms with Gasteiger partial charge >= 0.3 is 0 Å². The van der Waals surface area contributed by atoms with Crippen molar-refractivity contribution < 1.29 is 0 Å². The minimum atomic E-state index is 0.607. The third-order valence-electron chi connectivity index (χ3n) is 4.83. The lowest BCUT2D eigenvalue weighted by Gasteiger charge is -2.18. The van der Waals surface area contributed by atoms with Crippen molar-refractivity contribution in [2.45, 2.75) is 44.2 Å². The monoisotopic (exact) mass is 272 g/mol. The van der Waals surface area contributed by atoms with Gasteiger partial charge in [0.2, 0.25) is 0 Å². The molecule has 4 heteroatoms. The second-order valence-corrected chi connectivity index (χ2v) is 6.46. The van der Waals surface area contributed by atoms with Gasteiger partial charge in [-0.1, -0.05) is 0 Å². The molecule has 0 spiro atoms. The number of anilines is 2. The zero-order valence-electron chi connectivity index (χ0n) is 12.1. The molecule has 1 aromatic heterocycles. The van der Waals surface area contributed by atoms with Crippen molar-refractivity contribution in [3.63, 3.8) is 0 Å². The van der Waals surface area contributed by atoms with E-state index in [4.69, 9.17) is 0 Å². The highest BCUT2D eigenvalue weighted by atomic mass is 15.2. The lowest BCUT2D eigenvalue weighted by molar-refractivity contribution is 0.326. The van der Waals surface area contributed by atoms with Crippen LogP contribution in [-0.2, 0) is 0 Å². The van der Waals surface area contributed by atoms with Crippen molar-refractivity contribution in [2.24, 2.45) is 0 Å². The second-order valence-electron chi connectivity index (χ2n) is 6.46. The van der Waals surface area contributed by atoms with Crippen LogP contribution >= 0.6 is 0 Å². The van der Waals surface area contributed by atoms with Crippen LogP contribution in [0.15, 0.2) is 18.3 Å². The molecule has 1 aliphatic carbocycles. The zero-order valence-corrected chi connectivity index (χ0v) is 12.1. The van der Waals surface area contributed by atoms with E-state index in [-0.39, 0.29) is 0 Å². The third-order valence-corrected chi connectivity index (χ3v) is 4.83. The van der Waals surface area contributed by atoms with Crippen LogP contribution < -0.4 is 10.2 Å². The average Bonchev–Trinajstić information content (AvgIpc) is 3.00. The van der Waals surface area contributed by atoms with Gasteiger partial charge in [0.05, 0.1) is 11.9 Å². The van der Waals surface area contributed by atoms with Gasteiger partial charge in [-0.2, -0.15) is 0 Å². The molecular weight excluding hydrogens is 248 g/mol. The number of aromatic nitrogens is 1. The number of hydrogen-bond acceptors (Lipinski definition) is 4. The van der Waals surface area contributed by atoms with E-state index in [0.29, 0.717) is 6.04 Å². The van der Waals surface area contributed by atoms with Crippen molar-refractivity contribution in [1.82, 2.24) is 9.88 Å². The maximum atomic E-state index is 4.62. The van der Waals surface area contributed by atoms with E-state index < -0.39 is 0 Å². The van der Waals surface area contributed by atoms with E-state index >= 15 is 0 Å². The van der Waals surface area contributed by atoms with Gasteiger partial charge in [0.25, 0.3) is 0 Å². The van der Waals surface area contributed by atoms with Crippen LogP contribution in [0.3, 0.4) is 0 Å². The zero-order chi connectivity index (χ0) is 13.4. The largest absolute Gasteiger partial charge is 0.380 e. The SMILES string of the molecule is c1cc(N2CCCC2)ncc1NC1CCN(C2CC2)C1. The highest BCUT2D eigenvalue weighted by Gasteiger charge is 2.34. The van der Waals surface area contributed by atoms with Crippen molar-refractivity contribution in [1.29, 1.82) is 0 Å². The van der Waals surface area contributed by atoms with Crippen molar-refractivity contribution in [3.8, 4) is 0 Å². The minimum Gasteiger partial charge on any atom is -0.380 e. The fraction of sp³-hybridized carbons (Fsp3) is 0.688. The summed E-state index contributed by atoms with van der Waals surface area (Å²) in [4.78, 5) is 9.64. The average molecular weight is 272 g/mol. The summed E-state index contributed by atoms with van der Waals surface area (Å²) >= 11 is 0. The van der Waals surface area contributed by atoms with E-state index in [1.807, 2.05) is 6.20 Å². The minimum absolute atomic E-state index is 0.607. The van der Waals surface area contributed by atoms with E-state index in [1.165, 1.54) is 64.0 Å². The maximum Gasteiger partial charge on any atom is 0.128 e. The summed E-state index contributed by atoms with van der Waals surface area (Å²) in [7, 11) is 0. The van der Waals surface area contributed by atoms with E-state index in [0.717, 1.165) is 11.9 Å². The van der Waals surface area contributed by atoms with Gasteiger partial charge in [-0.3, -0.25) is 4.90 Å². The van der Waals surface area contributed by atoms with Gasteiger partial charge in [-0.15, -0.1) is 0 Å². The first kappa shape index (κ1) is 12.5. The summed E-state index contributed by atoms with van der Waals surface area (Å²) < 4.78 is 0. The Labute approximate surface area is 121 Å². The summed E-state index contributed by atoms with van der Waals surface area (Å²) in [5, 5.41) is 3.65. The molecule has 2 aliphatic heterocycles. The molecule has 20 heavy (non-hydrogen) atoms. The molecule has 0 radical (unpaired) electrons. The molecule has 4 nitrogen and oxygen atoms in total. The van der Waals surface area contributed by atoms with E-state index in [1.54, 1.807) is 0 Å². The lowest BCUT2D eigenvalue weighted by Crippen LogP contribution is -2.27. The molecular formula is C16H24N4. The number of nitrogens with zero attached hydrogens (tertiary/aromatic N) is 3. The van der Waals surface area contributed by atoms with E-state index in [2.05, 4.69) is 32.2 Å². The molecule has 0 amide bonds. The Kier molecular flexibility index (Phi) is 3.26. The Hall–Kier alpha value is -1.29. The van der Waals surface area contributed by atoms with Gasteiger partial charge in [0, 0.05) is 38.3 Å². The summed E-state index contributed by atoms with van der Waals surface area (Å²) in [6, 6.07) is 5.87. The molecule has 108 valence electrons. The van der Waals surface area contributed by atoms with Crippen LogP contribution in [0.5, 0.6) is 0 Å². The Balaban J connectivity index is 1.34. The molecule has 1 atom stereocenters. The number of rotatable bonds is 4. The molecule has 2 saturated heterocycles. The maximum absolute atomic E-state index is 4.62. The topological polar surface area (TPSA) is 31.4 Å². The number of likely N-dealkylation sites (tertiary alicyclic amines) is 1. The molecule has 3 fully saturated rings. The molecule has 3 aliphatic rings. The third kappa shape index (κ3) is 2.62. The van der Waals surface area contributed by atoms with Crippen molar-refractivity contribution >= 4 is 11.5 Å². The molecule has 1 aromatic rings. The van der Waals surface area contributed by atoms with Crippen molar-refractivity contribution in [3.05, 3.63) is 18.3 Å². The molecule has 1 N–H and O–H groups in total. The predicted molar refractivity (Wildman–Crippen MR) is 82.3 cm³/mol. The Morgan fingerprint density at radius 3 is 2.60 bits per heavy atom. The first-order chi connectivity index (χ1) is 9.88. The summed E-state index contributed by atoms with van der Waals surface area (Å²) in [6.07, 6.45) is 8.72. The second kappa shape index (κ2) is 5.24.